The smallest absolute Gasteiger partial charge is 0.193 e. The Hall–Kier alpha value is -1.89. The van der Waals surface area contributed by atoms with Crippen molar-refractivity contribution in [3.05, 3.63) is 70.8 Å². The quantitative estimate of drug-likeness (QED) is 0.465. The van der Waals surface area contributed by atoms with Crippen LogP contribution in [0.4, 0.5) is 0 Å². The van der Waals surface area contributed by atoms with Gasteiger partial charge in [0.05, 0.1) is 0 Å². The lowest BCUT2D eigenvalue weighted by Crippen LogP contribution is -2.23. The molecule has 0 amide bonds. The van der Waals surface area contributed by atoms with Crippen LogP contribution in [0.2, 0.25) is 0 Å². The van der Waals surface area contributed by atoms with Gasteiger partial charge in [0.25, 0.3) is 0 Å². The van der Waals surface area contributed by atoms with E-state index in [2.05, 4.69) is 59.7 Å². The number of carbonyl (C=O) groups is 1. The standard InChI is InChI=1S/C25H34O/c1-7-16-24(3,4)20-14-15-22(25(5,6)17-8-2)21(18-20)23(26)19-12-10-9-11-13-19/h9-15,18H,7-8,16-17H2,1-6H3. The van der Waals surface area contributed by atoms with E-state index in [9.17, 15) is 4.79 Å². The molecule has 1 nitrogen and oxygen atoms in total. The first-order valence-electron chi connectivity index (χ1n) is 9.97. The van der Waals surface area contributed by atoms with E-state index in [0.29, 0.717) is 0 Å². The van der Waals surface area contributed by atoms with Crippen molar-refractivity contribution in [2.45, 2.75) is 78.1 Å². The number of benzene rings is 2. The minimum atomic E-state index is -0.0120. The minimum absolute atomic E-state index is 0.0120. The topological polar surface area (TPSA) is 17.1 Å². The Morgan fingerprint density at radius 1 is 0.808 bits per heavy atom. The fraction of sp³-hybridized carbons (Fsp3) is 0.480. The van der Waals surface area contributed by atoms with Gasteiger partial charge in [0, 0.05) is 11.1 Å². The molecule has 0 atom stereocenters. The van der Waals surface area contributed by atoms with Crippen molar-refractivity contribution >= 4 is 5.78 Å². The summed E-state index contributed by atoms with van der Waals surface area (Å²) in [7, 11) is 0. The van der Waals surface area contributed by atoms with Gasteiger partial charge in [-0.1, -0.05) is 96.8 Å². The number of hydrogen-bond donors (Lipinski definition) is 0. The highest BCUT2D eigenvalue weighted by Gasteiger charge is 2.28. The normalized spacial score (nSPS) is 12.2. The third-order valence-electron chi connectivity index (χ3n) is 5.56. The molecular formula is C25H34O. The van der Waals surface area contributed by atoms with Crippen LogP contribution >= 0.6 is 0 Å². The van der Waals surface area contributed by atoms with Crippen molar-refractivity contribution < 1.29 is 4.79 Å². The predicted octanol–water partition coefficient (Wildman–Crippen LogP) is 7.07. The van der Waals surface area contributed by atoms with Gasteiger partial charge in [0.15, 0.2) is 5.78 Å². The second-order valence-electron chi connectivity index (χ2n) is 8.72. The summed E-state index contributed by atoms with van der Waals surface area (Å²) in [4.78, 5) is 13.4. The first-order valence-corrected chi connectivity index (χ1v) is 9.97. The van der Waals surface area contributed by atoms with Crippen molar-refractivity contribution in [1.82, 2.24) is 0 Å². The molecule has 0 saturated carbocycles. The number of hydrogen-bond acceptors (Lipinski definition) is 1. The summed E-state index contributed by atoms with van der Waals surface area (Å²) in [5.41, 5.74) is 4.14. The molecule has 1 heteroatoms. The summed E-state index contributed by atoms with van der Waals surface area (Å²) < 4.78 is 0. The molecule has 140 valence electrons. The van der Waals surface area contributed by atoms with Gasteiger partial charge in [-0.25, -0.2) is 0 Å². The molecule has 0 radical (unpaired) electrons. The van der Waals surface area contributed by atoms with E-state index in [1.54, 1.807) is 0 Å². The lowest BCUT2D eigenvalue weighted by Gasteiger charge is -2.30. The van der Waals surface area contributed by atoms with Crippen LogP contribution in [-0.4, -0.2) is 5.78 Å². The van der Waals surface area contributed by atoms with Crippen molar-refractivity contribution in [1.29, 1.82) is 0 Å². The minimum Gasteiger partial charge on any atom is -0.289 e. The van der Waals surface area contributed by atoms with E-state index in [1.165, 1.54) is 11.1 Å². The van der Waals surface area contributed by atoms with Gasteiger partial charge in [-0.15, -0.1) is 0 Å². The monoisotopic (exact) mass is 350 g/mol. The maximum absolute atomic E-state index is 13.4. The van der Waals surface area contributed by atoms with Crippen LogP contribution in [0.5, 0.6) is 0 Å². The SMILES string of the molecule is CCCC(C)(C)c1ccc(C(C)(C)CCC)c(C(=O)c2ccccc2)c1. The van der Waals surface area contributed by atoms with Crippen LogP contribution in [0, 0.1) is 0 Å². The molecule has 0 aliphatic rings. The van der Waals surface area contributed by atoms with Crippen LogP contribution in [0.3, 0.4) is 0 Å². The first kappa shape index (κ1) is 20.4. The summed E-state index contributed by atoms with van der Waals surface area (Å²) in [6.07, 6.45) is 4.43. The molecule has 0 aromatic heterocycles. The van der Waals surface area contributed by atoms with Crippen molar-refractivity contribution in [3.63, 3.8) is 0 Å². The number of ketones is 1. The third-order valence-corrected chi connectivity index (χ3v) is 5.56. The molecule has 0 fully saturated rings. The number of rotatable bonds is 8. The van der Waals surface area contributed by atoms with Crippen molar-refractivity contribution in [2.75, 3.05) is 0 Å². The van der Waals surface area contributed by atoms with E-state index in [-0.39, 0.29) is 16.6 Å². The van der Waals surface area contributed by atoms with Gasteiger partial charge in [-0.05, 0) is 40.9 Å². The average Bonchev–Trinajstić information content (AvgIpc) is 2.61. The Kier molecular flexibility index (Phi) is 6.44. The molecule has 0 heterocycles. The Morgan fingerprint density at radius 2 is 1.38 bits per heavy atom. The lowest BCUT2D eigenvalue weighted by atomic mass is 9.73. The molecule has 0 saturated heterocycles. The van der Waals surface area contributed by atoms with E-state index in [0.717, 1.165) is 36.8 Å². The Labute approximate surface area is 159 Å². The van der Waals surface area contributed by atoms with Gasteiger partial charge in [-0.3, -0.25) is 4.79 Å². The Morgan fingerprint density at radius 3 is 1.96 bits per heavy atom. The highest BCUT2D eigenvalue weighted by atomic mass is 16.1. The zero-order valence-corrected chi connectivity index (χ0v) is 17.4. The Balaban J connectivity index is 2.61. The molecule has 2 aromatic carbocycles. The van der Waals surface area contributed by atoms with Gasteiger partial charge >= 0.3 is 0 Å². The van der Waals surface area contributed by atoms with Crippen LogP contribution in [0.15, 0.2) is 48.5 Å². The van der Waals surface area contributed by atoms with Gasteiger partial charge in [0.2, 0.25) is 0 Å². The second kappa shape index (κ2) is 8.20. The largest absolute Gasteiger partial charge is 0.289 e. The fourth-order valence-electron chi connectivity index (χ4n) is 4.02. The summed E-state index contributed by atoms with van der Waals surface area (Å²) in [5, 5.41) is 0. The van der Waals surface area contributed by atoms with Crippen molar-refractivity contribution in [3.8, 4) is 0 Å². The zero-order valence-electron chi connectivity index (χ0n) is 17.4. The van der Waals surface area contributed by atoms with Gasteiger partial charge in [0.1, 0.15) is 0 Å². The highest BCUT2D eigenvalue weighted by molar-refractivity contribution is 6.10. The molecular weight excluding hydrogens is 316 g/mol. The average molecular weight is 351 g/mol. The summed E-state index contributed by atoms with van der Waals surface area (Å²) in [6, 6.07) is 16.3. The van der Waals surface area contributed by atoms with Gasteiger partial charge in [-0.2, -0.15) is 0 Å². The van der Waals surface area contributed by atoms with E-state index < -0.39 is 0 Å². The molecule has 0 N–H and O–H groups in total. The number of carbonyl (C=O) groups excluding carboxylic acids is 1. The molecule has 0 aliphatic heterocycles. The first-order chi connectivity index (χ1) is 12.2. The van der Waals surface area contributed by atoms with Gasteiger partial charge < -0.3 is 0 Å². The lowest BCUT2D eigenvalue weighted by molar-refractivity contribution is 0.103. The van der Waals surface area contributed by atoms with Crippen LogP contribution in [0.25, 0.3) is 0 Å². The molecule has 0 unspecified atom stereocenters. The zero-order chi connectivity index (χ0) is 19.4. The maximum Gasteiger partial charge on any atom is 0.193 e. The Bertz CT molecular complexity index is 738. The fourth-order valence-corrected chi connectivity index (χ4v) is 4.02. The highest BCUT2D eigenvalue weighted by Crippen LogP contribution is 2.36. The molecule has 2 rings (SSSR count). The van der Waals surface area contributed by atoms with Crippen LogP contribution in [-0.2, 0) is 10.8 Å². The summed E-state index contributed by atoms with van der Waals surface area (Å²) >= 11 is 0. The van der Waals surface area contributed by atoms with Crippen molar-refractivity contribution in [2.24, 2.45) is 0 Å². The third kappa shape index (κ3) is 4.44. The molecule has 0 aliphatic carbocycles. The van der Waals surface area contributed by atoms with Crippen LogP contribution < -0.4 is 0 Å². The van der Waals surface area contributed by atoms with E-state index in [4.69, 9.17) is 0 Å². The second-order valence-corrected chi connectivity index (χ2v) is 8.72. The molecule has 0 spiro atoms. The predicted molar refractivity (Wildman–Crippen MR) is 112 cm³/mol. The molecule has 26 heavy (non-hydrogen) atoms. The van der Waals surface area contributed by atoms with E-state index >= 15 is 0 Å². The van der Waals surface area contributed by atoms with E-state index in [1.807, 2.05) is 30.3 Å². The molecule has 0 bridgehead atoms. The van der Waals surface area contributed by atoms with Crippen LogP contribution in [0.1, 0.15) is 94.3 Å². The molecule has 2 aromatic rings. The summed E-state index contributed by atoms with van der Waals surface area (Å²) in [5.74, 6) is 0.138. The maximum atomic E-state index is 13.4. The summed E-state index contributed by atoms with van der Waals surface area (Å²) in [6.45, 7) is 13.5.